The Hall–Kier alpha value is -2.62. The van der Waals surface area contributed by atoms with Gasteiger partial charge in [-0.1, -0.05) is 31.7 Å². The van der Waals surface area contributed by atoms with Gasteiger partial charge in [0.05, 0.1) is 0 Å². The summed E-state index contributed by atoms with van der Waals surface area (Å²) in [5.74, 6) is -0.734. The molecule has 0 fully saturated rings. The van der Waals surface area contributed by atoms with Gasteiger partial charge in [0.15, 0.2) is 0 Å². The van der Waals surface area contributed by atoms with Crippen molar-refractivity contribution in [3.05, 3.63) is 62.4 Å². The smallest absolute Gasteiger partial charge is 0.254 e. The summed E-state index contributed by atoms with van der Waals surface area (Å²) in [6.07, 6.45) is 4.05. The summed E-state index contributed by atoms with van der Waals surface area (Å²) in [6, 6.07) is 7.88. The van der Waals surface area contributed by atoms with E-state index >= 15 is 0 Å². The second kappa shape index (κ2) is 5.79. The lowest BCUT2D eigenvalue weighted by Gasteiger charge is -2.10. The van der Waals surface area contributed by atoms with E-state index in [0.29, 0.717) is 10.6 Å². The standard InChI is InChI=1S/C17H18N2O2/c1-4-12-6-8-13(9-7-12)19-10-15(17(18)21)16(20)14(5-2)11(19)3/h5-10H,3-4H2,1-2H3,(H2,18,21)/b14-5+. The van der Waals surface area contributed by atoms with Crippen molar-refractivity contribution in [3.8, 4) is 5.69 Å². The fourth-order valence-corrected chi connectivity index (χ4v) is 2.27. The van der Waals surface area contributed by atoms with Gasteiger partial charge in [0.2, 0.25) is 5.43 Å². The summed E-state index contributed by atoms with van der Waals surface area (Å²) in [4.78, 5) is 23.6. The van der Waals surface area contributed by atoms with Crippen LogP contribution in [0.5, 0.6) is 0 Å². The zero-order valence-corrected chi connectivity index (χ0v) is 12.2. The first-order valence-electron chi connectivity index (χ1n) is 6.79. The highest BCUT2D eigenvalue weighted by atomic mass is 16.2. The number of amides is 1. The second-order valence-corrected chi connectivity index (χ2v) is 4.78. The summed E-state index contributed by atoms with van der Waals surface area (Å²) >= 11 is 0. The molecule has 2 aromatic rings. The number of rotatable bonds is 3. The van der Waals surface area contributed by atoms with Crippen LogP contribution >= 0.6 is 0 Å². The molecule has 0 bridgehead atoms. The first-order valence-corrected chi connectivity index (χ1v) is 6.79. The molecule has 0 saturated heterocycles. The molecule has 4 heteroatoms. The van der Waals surface area contributed by atoms with Gasteiger partial charge < -0.3 is 10.3 Å². The fourth-order valence-electron chi connectivity index (χ4n) is 2.27. The fraction of sp³-hybridized carbons (Fsp3) is 0.176. The van der Waals surface area contributed by atoms with Crippen molar-refractivity contribution < 1.29 is 4.79 Å². The third kappa shape index (κ3) is 2.65. The zero-order chi connectivity index (χ0) is 15.6. The number of carbonyl (C=O) groups is 1. The van der Waals surface area contributed by atoms with Gasteiger partial charge in [-0.3, -0.25) is 9.59 Å². The Morgan fingerprint density at radius 2 is 1.95 bits per heavy atom. The normalized spacial score (nSPS) is 11.6. The van der Waals surface area contributed by atoms with Gasteiger partial charge in [-0.25, -0.2) is 0 Å². The van der Waals surface area contributed by atoms with Gasteiger partial charge in [-0.2, -0.15) is 0 Å². The molecule has 1 aromatic carbocycles. The van der Waals surface area contributed by atoms with Crippen molar-refractivity contribution >= 4 is 18.6 Å². The second-order valence-electron chi connectivity index (χ2n) is 4.78. The molecule has 2 rings (SSSR count). The first-order chi connectivity index (χ1) is 9.99. The highest BCUT2D eigenvalue weighted by Crippen LogP contribution is 2.08. The summed E-state index contributed by atoms with van der Waals surface area (Å²) in [5.41, 5.74) is 6.93. The third-order valence-electron chi connectivity index (χ3n) is 3.53. The van der Waals surface area contributed by atoms with Crippen LogP contribution in [-0.4, -0.2) is 10.5 Å². The van der Waals surface area contributed by atoms with E-state index in [-0.39, 0.29) is 11.0 Å². The van der Waals surface area contributed by atoms with Crippen LogP contribution in [0, 0.1) is 0 Å². The molecule has 1 amide bonds. The Bertz CT molecular complexity index is 846. The first kappa shape index (κ1) is 14.8. The van der Waals surface area contributed by atoms with Crippen LogP contribution in [0.2, 0.25) is 0 Å². The van der Waals surface area contributed by atoms with Crippen LogP contribution < -0.4 is 21.7 Å². The Morgan fingerprint density at radius 1 is 1.33 bits per heavy atom. The lowest BCUT2D eigenvalue weighted by Crippen LogP contribution is -2.47. The maximum atomic E-state index is 12.2. The summed E-state index contributed by atoms with van der Waals surface area (Å²) in [7, 11) is 0. The molecule has 1 aromatic heterocycles. The minimum absolute atomic E-state index is 0.0323. The van der Waals surface area contributed by atoms with E-state index in [9.17, 15) is 9.59 Å². The van der Waals surface area contributed by atoms with Crippen LogP contribution in [0.4, 0.5) is 0 Å². The molecule has 0 radical (unpaired) electrons. The van der Waals surface area contributed by atoms with E-state index in [1.807, 2.05) is 24.3 Å². The zero-order valence-electron chi connectivity index (χ0n) is 12.2. The number of aryl methyl sites for hydroxylation is 1. The van der Waals surface area contributed by atoms with Crippen LogP contribution in [0.3, 0.4) is 0 Å². The van der Waals surface area contributed by atoms with E-state index < -0.39 is 5.91 Å². The molecule has 0 saturated carbocycles. The summed E-state index contributed by atoms with van der Waals surface area (Å²) in [6.45, 7) is 7.77. The van der Waals surface area contributed by atoms with E-state index in [1.54, 1.807) is 17.6 Å². The maximum absolute atomic E-state index is 12.2. The van der Waals surface area contributed by atoms with E-state index in [2.05, 4.69) is 13.5 Å². The Kier molecular flexibility index (Phi) is 4.08. The van der Waals surface area contributed by atoms with E-state index in [1.165, 1.54) is 11.8 Å². The molecule has 0 unspecified atom stereocenters. The van der Waals surface area contributed by atoms with Gasteiger partial charge in [0.25, 0.3) is 5.91 Å². The number of pyridine rings is 1. The minimum atomic E-state index is -0.734. The monoisotopic (exact) mass is 282 g/mol. The SMILES string of the molecule is C=c1/c(=C\C)c(=O)c(C(N)=O)cn1-c1ccc(CC)cc1. The molecule has 0 aliphatic rings. The molecular formula is C17H18N2O2. The van der Waals surface area contributed by atoms with Crippen molar-refractivity contribution in [2.45, 2.75) is 20.3 Å². The number of aromatic nitrogens is 1. The number of nitrogens with zero attached hydrogens (tertiary/aromatic N) is 1. The van der Waals surface area contributed by atoms with E-state index in [4.69, 9.17) is 5.73 Å². The number of hydrogen-bond donors (Lipinski definition) is 1. The molecule has 108 valence electrons. The molecule has 2 N–H and O–H groups in total. The van der Waals surface area contributed by atoms with Crippen molar-refractivity contribution in [2.75, 3.05) is 0 Å². The third-order valence-corrected chi connectivity index (χ3v) is 3.53. The van der Waals surface area contributed by atoms with Crippen LogP contribution in [0.1, 0.15) is 29.8 Å². The lowest BCUT2D eigenvalue weighted by molar-refractivity contribution is 0.0998. The number of nitrogens with two attached hydrogens (primary N) is 1. The van der Waals surface area contributed by atoms with Crippen LogP contribution in [0.15, 0.2) is 35.3 Å². The summed E-state index contributed by atoms with van der Waals surface area (Å²) in [5, 5.41) is 0.933. The average Bonchev–Trinajstić information content (AvgIpc) is 2.48. The number of carbonyl (C=O) groups excluding carboxylic acids is 1. The van der Waals surface area contributed by atoms with Crippen molar-refractivity contribution in [2.24, 2.45) is 5.73 Å². The molecule has 0 spiro atoms. The molecule has 0 atom stereocenters. The number of benzene rings is 1. The van der Waals surface area contributed by atoms with Crippen LogP contribution in [0.25, 0.3) is 18.3 Å². The topological polar surface area (TPSA) is 65.1 Å². The molecule has 4 nitrogen and oxygen atoms in total. The minimum Gasteiger partial charge on any atom is -0.365 e. The largest absolute Gasteiger partial charge is 0.365 e. The number of primary amides is 1. The predicted molar refractivity (Wildman–Crippen MR) is 84.8 cm³/mol. The van der Waals surface area contributed by atoms with Gasteiger partial charge >= 0.3 is 0 Å². The predicted octanol–water partition coefficient (Wildman–Crippen LogP) is 0.710. The Balaban J connectivity index is 2.80. The van der Waals surface area contributed by atoms with Gasteiger partial charge in [0, 0.05) is 22.5 Å². The van der Waals surface area contributed by atoms with Gasteiger partial charge in [0.1, 0.15) is 5.56 Å². The Labute approximate surface area is 122 Å². The number of hydrogen-bond acceptors (Lipinski definition) is 2. The lowest BCUT2D eigenvalue weighted by atomic mass is 10.1. The Morgan fingerprint density at radius 3 is 2.43 bits per heavy atom. The highest BCUT2D eigenvalue weighted by Gasteiger charge is 2.10. The van der Waals surface area contributed by atoms with Crippen molar-refractivity contribution in [1.82, 2.24) is 4.57 Å². The molecule has 21 heavy (non-hydrogen) atoms. The van der Waals surface area contributed by atoms with Gasteiger partial charge in [-0.05, 0) is 31.0 Å². The highest BCUT2D eigenvalue weighted by molar-refractivity contribution is 5.92. The molecule has 1 heterocycles. The van der Waals surface area contributed by atoms with Gasteiger partial charge in [-0.15, -0.1) is 0 Å². The molecular weight excluding hydrogens is 264 g/mol. The van der Waals surface area contributed by atoms with E-state index in [0.717, 1.165) is 12.1 Å². The summed E-state index contributed by atoms with van der Waals surface area (Å²) < 4.78 is 1.72. The van der Waals surface area contributed by atoms with Crippen molar-refractivity contribution in [1.29, 1.82) is 0 Å². The average molecular weight is 282 g/mol. The molecule has 0 aliphatic carbocycles. The maximum Gasteiger partial charge on any atom is 0.254 e. The quantitative estimate of drug-likeness (QED) is 0.901. The van der Waals surface area contributed by atoms with Crippen LogP contribution in [-0.2, 0) is 6.42 Å². The molecule has 0 aliphatic heterocycles. The van der Waals surface area contributed by atoms with Crippen molar-refractivity contribution in [3.63, 3.8) is 0 Å².